The average Bonchev–Trinajstić information content (AvgIpc) is 2.79. The molecule has 0 radical (unpaired) electrons. The van der Waals surface area contributed by atoms with Crippen LogP contribution in [0, 0.1) is 11.7 Å². The van der Waals surface area contributed by atoms with E-state index in [0.29, 0.717) is 17.5 Å². The fourth-order valence-corrected chi connectivity index (χ4v) is 3.11. The van der Waals surface area contributed by atoms with Gasteiger partial charge in [0.1, 0.15) is 5.82 Å². The SMILES string of the molecule is CC(NC1CCCC1CO)c1cc(Br)ccc1F. The highest BCUT2D eigenvalue weighted by molar-refractivity contribution is 9.10. The summed E-state index contributed by atoms with van der Waals surface area (Å²) in [6.45, 7) is 2.18. The lowest BCUT2D eigenvalue weighted by molar-refractivity contribution is 0.200. The van der Waals surface area contributed by atoms with E-state index in [-0.39, 0.29) is 18.5 Å². The van der Waals surface area contributed by atoms with Gasteiger partial charge in [-0.15, -0.1) is 0 Å². The predicted octanol–water partition coefficient (Wildman–Crippen LogP) is 3.40. The third-order valence-corrected chi connectivity index (χ3v) is 4.28. The van der Waals surface area contributed by atoms with Crippen molar-refractivity contribution in [1.82, 2.24) is 5.32 Å². The van der Waals surface area contributed by atoms with Crippen LogP contribution in [0.2, 0.25) is 0 Å². The van der Waals surface area contributed by atoms with Gasteiger partial charge in [0, 0.05) is 28.7 Å². The Labute approximate surface area is 116 Å². The number of halogens is 2. The fourth-order valence-electron chi connectivity index (χ4n) is 2.73. The van der Waals surface area contributed by atoms with Gasteiger partial charge >= 0.3 is 0 Å². The second kappa shape index (κ2) is 6.13. The minimum Gasteiger partial charge on any atom is -0.396 e. The van der Waals surface area contributed by atoms with E-state index in [1.54, 1.807) is 6.07 Å². The Bertz CT molecular complexity index is 413. The third kappa shape index (κ3) is 3.11. The first kappa shape index (κ1) is 14.0. The Morgan fingerprint density at radius 2 is 2.28 bits per heavy atom. The van der Waals surface area contributed by atoms with Crippen molar-refractivity contribution >= 4 is 15.9 Å². The summed E-state index contributed by atoms with van der Waals surface area (Å²) in [5.41, 5.74) is 0.674. The summed E-state index contributed by atoms with van der Waals surface area (Å²) in [6, 6.07) is 5.26. The topological polar surface area (TPSA) is 32.3 Å². The van der Waals surface area contributed by atoms with Gasteiger partial charge < -0.3 is 10.4 Å². The maximum atomic E-state index is 13.8. The number of rotatable bonds is 4. The molecule has 3 unspecified atom stereocenters. The first-order valence-corrected chi connectivity index (χ1v) is 7.23. The molecule has 1 aliphatic rings. The highest BCUT2D eigenvalue weighted by atomic mass is 79.9. The van der Waals surface area contributed by atoms with E-state index in [1.807, 2.05) is 13.0 Å². The zero-order valence-corrected chi connectivity index (χ0v) is 12.1. The highest BCUT2D eigenvalue weighted by Gasteiger charge is 2.28. The van der Waals surface area contributed by atoms with Gasteiger partial charge in [-0.3, -0.25) is 0 Å². The van der Waals surface area contributed by atoms with Gasteiger partial charge in [-0.2, -0.15) is 0 Å². The van der Waals surface area contributed by atoms with E-state index in [0.717, 1.165) is 23.7 Å². The van der Waals surface area contributed by atoms with Crippen molar-refractivity contribution in [2.24, 2.45) is 5.92 Å². The number of nitrogens with one attached hydrogen (secondary N) is 1. The highest BCUT2D eigenvalue weighted by Crippen LogP contribution is 2.29. The number of aliphatic hydroxyl groups excluding tert-OH is 1. The van der Waals surface area contributed by atoms with Crippen molar-refractivity contribution in [2.45, 2.75) is 38.3 Å². The zero-order chi connectivity index (χ0) is 13.1. The molecule has 0 aromatic heterocycles. The van der Waals surface area contributed by atoms with Crippen molar-refractivity contribution in [3.63, 3.8) is 0 Å². The minimum absolute atomic E-state index is 0.0420. The van der Waals surface area contributed by atoms with Gasteiger partial charge in [-0.25, -0.2) is 4.39 Å². The monoisotopic (exact) mass is 315 g/mol. The summed E-state index contributed by atoms with van der Waals surface area (Å²) in [4.78, 5) is 0. The largest absolute Gasteiger partial charge is 0.396 e. The molecule has 2 N–H and O–H groups in total. The summed E-state index contributed by atoms with van der Waals surface area (Å²) in [7, 11) is 0. The fraction of sp³-hybridized carbons (Fsp3) is 0.571. The smallest absolute Gasteiger partial charge is 0.128 e. The van der Waals surface area contributed by atoms with Crippen LogP contribution < -0.4 is 5.32 Å². The summed E-state index contributed by atoms with van der Waals surface area (Å²) in [6.07, 6.45) is 3.25. The van der Waals surface area contributed by atoms with Gasteiger partial charge in [0.25, 0.3) is 0 Å². The molecule has 1 aromatic carbocycles. The Kier molecular flexibility index (Phi) is 4.76. The summed E-state index contributed by atoms with van der Waals surface area (Å²) < 4.78 is 14.6. The van der Waals surface area contributed by atoms with Crippen LogP contribution in [0.5, 0.6) is 0 Å². The second-order valence-electron chi connectivity index (χ2n) is 5.03. The van der Waals surface area contributed by atoms with Gasteiger partial charge in [-0.1, -0.05) is 22.4 Å². The number of hydrogen-bond acceptors (Lipinski definition) is 2. The van der Waals surface area contributed by atoms with Crippen LogP contribution >= 0.6 is 15.9 Å². The lowest BCUT2D eigenvalue weighted by Gasteiger charge is -2.24. The number of aliphatic hydroxyl groups is 1. The molecule has 0 saturated heterocycles. The maximum absolute atomic E-state index is 13.8. The molecule has 100 valence electrons. The molecule has 0 bridgehead atoms. The molecule has 1 saturated carbocycles. The molecular weight excluding hydrogens is 297 g/mol. The molecule has 18 heavy (non-hydrogen) atoms. The van der Waals surface area contributed by atoms with Gasteiger partial charge in [-0.05, 0) is 43.9 Å². The molecule has 0 amide bonds. The van der Waals surface area contributed by atoms with E-state index in [1.165, 1.54) is 6.07 Å². The molecule has 3 atom stereocenters. The normalized spacial score (nSPS) is 25.3. The molecule has 2 rings (SSSR count). The molecule has 1 aliphatic carbocycles. The van der Waals surface area contributed by atoms with E-state index in [9.17, 15) is 9.50 Å². The maximum Gasteiger partial charge on any atom is 0.128 e. The molecule has 0 aliphatic heterocycles. The summed E-state index contributed by atoms with van der Waals surface area (Å²) in [5, 5.41) is 12.7. The summed E-state index contributed by atoms with van der Waals surface area (Å²) in [5.74, 6) is 0.124. The van der Waals surface area contributed by atoms with Crippen LogP contribution in [-0.4, -0.2) is 17.8 Å². The lowest BCUT2D eigenvalue weighted by atomic mass is 10.0. The first-order chi connectivity index (χ1) is 8.61. The van der Waals surface area contributed by atoms with Gasteiger partial charge in [0.05, 0.1) is 0 Å². The Morgan fingerprint density at radius 3 is 3.00 bits per heavy atom. The Morgan fingerprint density at radius 1 is 1.50 bits per heavy atom. The third-order valence-electron chi connectivity index (χ3n) is 3.78. The Hall–Kier alpha value is -0.450. The van der Waals surface area contributed by atoms with Crippen molar-refractivity contribution in [2.75, 3.05) is 6.61 Å². The first-order valence-electron chi connectivity index (χ1n) is 6.43. The molecule has 2 nitrogen and oxygen atoms in total. The second-order valence-corrected chi connectivity index (χ2v) is 5.95. The van der Waals surface area contributed by atoms with E-state index in [4.69, 9.17) is 0 Å². The van der Waals surface area contributed by atoms with Crippen LogP contribution in [-0.2, 0) is 0 Å². The summed E-state index contributed by atoms with van der Waals surface area (Å²) >= 11 is 3.37. The number of hydrogen-bond donors (Lipinski definition) is 2. The molecule has 1 aromatic rings. The number of benzene rings is 1. The molecule has 0 heterocycles. The standard InChI is InChI=1S/C14H19BrFNO/c1-9(12-7-11(15)5-6-13(12)16)17-14-4-2-3-10(14)8-18/h5-7,9-10,14,17-18H,2-4,8H2,1H3. The van der Waals surface area contributed by atoms with Gasteiger partial charge in [0.2, 0.25) is 0 Å². The van der Waals surface area contributed by atoms with Crippen LogP contribution in [0.3, 0.4) is 0 Å². The average molecular weight is 316 g/mol. The van der Waals surface area contributed by atoms with Crippen molar-refractivity contribution in [1.29, 1.82) is 0 Å². The van der Waals surface area contributed by atoms with E-state index >= 15 is 0 Å². The predicted molar refractivity (Wildman–Crippen MR) is 73.9 cm³/mol. The molecule has 4 heteroatoms. The Balaban J connectivity index is 2.07. The lowest BCUT2D eigenvalue weighted by Crippen LogP contribution is -2.36. The molecule has 0 spiro atoms. The van der Waals surface area contributed by atoms with Crippen LogP contribution in [0.25, 0.3) is 0 Å². The van der Waals surface area contributed by atoms with Crippen LogP contribution in [0.15, 0.2) is 22.7 Å². The van der Waals surface area contributed by atoms with Crippen molar-refractivity contribution < 1.29 is 9.50 Å². The van der Waals surface area contributed by atoms with Crippen molar-refractivity contribution in [3.8, 4) is 0 Å². The van der Waals surface area contributed by atoms with Gasteiger partial charge in [0.15, 0.2) is 0 Å². The van der Waals surface area contributed by atoms with E-state index in [2.05, 4.69) is 21.2 Å². The van der Waals surface area contributed by atoms with Crippen LogP contribution in [0.4, 0.5) is 4.39 Å². The molecular formula is C14H19BrFNO. The van der Waals surface area contributed by atoms with Crippen LogP contribution in [0.1, 0.15) is 37.8 Å². The van der Waals surface area contributed by atoms with E-state index < -0.39 is 0 Å². The molecule has 1 fully saturated rings. The zero-order valence-electron chi connectivity index (χ0n) is 10.5. The minimum atomic E-state index is -0.184. The van der Waals surface area contributed by atoms with Crippen molar-refractivity contribution in [3.05, 3.63) is 34.1 Å². The quantitative estimate of drug-likeness (QED) is 0.892.